The third kappa shape index (κ3) is 3.39. The second-order valence-corrected chi connectivity index (χ2v) is 4.30. The van der Waals surface area contributed by atoms with E-state index in [9.17, 15) is 13.2 Å². The molecule has 0 unspecified atom stereocenters. The summed E-state index contributed by atoms with van der Waals surface area (Å²) in [6.07, 6.45) is -4.45. The Balaban J connectivity index is 3.12. The fraction of sp³-hybridized carbons (Fsp3) is 0.333. The van der Waals surface area contributed by atoms with E-state index in [-0.39, 0.29) is 17.6 Å². The van der Waals surface area contributed by atoms with Crippen molar-refractivity contribution < 1.29 is 22.6 Å². The second kappa shape index (κ2) is 5.42. The van der Waals surface area contributed by atoms with E-state index in [0.717, 1.165) is 12.1 Å². The molecule has 0 heterocycles. The molecule has 0 amide bonds. The van der Waals surface area contributed by atoms with Gasteiger partial charge in [-0.1, -0.05) is 11.6 Å². The monoisotopic (exact) mass is 366 g/mol. The van der Waals surface area contributed by atoms with Crippen LogP contribution in [0.3, 0.4) is 0 Å². The molecule has 0 fully saturated rings. The fourth-order valence-electron chi connectivity index (χ4n) is 0.955. The van der Waals surface area contributed by atoms with Crippen LogP contribution in [0.4, 0.5) is 13.2 Å². The number of hydrogen-bond acceptors (Lipinski definition) is 2. The number of ether oxygens (including phenoxy) is 2. The first kappa shape index (κ1) is 13.9. The molecular formula is C9H7ClF3IO2. The Hall–Kier alpha value is -0.210. The number of halogens is 5. The van der Waals surface area contributed by atoms with Gasteiger partial charge < -0.3 is 9.47 Å². The highest BCUT2D eigenvalue weighted by molar-refractivity contribution is 14.1. The van der Waals surface area contributed by atoms with Gasteiger partial charge in [0.2, 0.25) is 0 Å². The van der Waals surface area contributed by atoms with Crippen molar-refractivity contribution in [2.75, 3.05) is 13.9 Å². The van der Waals surface area contributed by atoms with Crippen LogP contribution in [0.15, 0.2) is 12.1 Å². The summed E-state index contributed by atoms with van der Waals surface area (Å²) in [6, 6.07) is 1.76. The van der Waals surface area contributed by atoms with Crippen molar-refractivity contribution in [3.05, 3.63) is 26.3 Å². The van der Waals surface area contributed by atoms with Crippen LogP contribution in [0.25, 0.3) is 0 Å². The van der Waals surface area contributed by atoms with Crippen LogP contribution in [-0.2, 0) is 10.9 Å². The Morgan fingerprint density at radius 2 is 2.00 bits per heavy atom. The maximum Gasteiger partial charge on any atom is 0.416 e. The van der Waals surface area contributed by atoms with Gasteiger partial charge in [0.05, 0.1) is 14.2 Å². The van der Waals surface area contributed by atoms with Gasteiger partial charge >= 0.3 is 6.18 Å². The van der Waals surface area contributed by atoms with Gasteiger partial charge in [-0.3, -0.25) is 0 Å². The predicted octanol–water partition coefficient (Wildman–Crippen LogP) is 3.95. The van der Waals surface area contributed by atoms with Gasteiger partial charge in [0, 0.05) is 7.11 Å². The van der Waals surface area contributed by atoms with Crippen LogP contribution < -0.4 is 4.74 Å². The summed E-state index contributed by atoms with van der Waals surface area (Å²) in [6.45, 7) is -0.131. The van der Waals surface area contributed by atoms with E-state index in [1.54, 1.807) is 0 Å². The highest BCUT2D eigenvalue weighted by atomic mass is 127. The van der Waals surface area contributed by atoms with E-state index in [1.165, 1.54) is 7.11 Å². The normalized spacial score (nSPS) is 11.6. The third-order valence-corrected chi connectivity index (χ3v) is 3.38. The van der Waals surface area contributed by atoms with E-state index in [2.05, 4.69) is 4.74 Å². The molecule has 0 aliphatic rings. The van der Waals surface area contributed by atoms with Crippen LogP contribution in [0.5, 0.6) is 5.75 Å². The molecule has 16 heavy (non-hydrogen) atoms. The highest BCUT2D eigenvalue weighted by Crippen LogP contribution is 2.37. The molecule has 0 aromatic heterocycles. The largest absolute Gasteiger partial charge is 0.466 e. The summed E-state index contributed by atoms with van der Waals surface area (Å²) in [5.74, 6) is 0.0577. The maximum atomic E-state index is 12.5. The predicted molar refractivity (Wildman–Crippen MR) is 61.7 cm³/mol. The molecule has 0 spiro atoms. The van der Waals surface area contributed by atoms with E-state index in [1.807, 2.05) is 22.6 Å². The minimum atomic E-state index is -4.45. The summed E-state index contributed by atoms with van der Waals surface area (Å²) in [5, 5.41) is 0.00141. The molecule has 1 rings (SSSR count). The zero-order valence-corrected chi connectivity index (χ0v) is 11.0. The average Bonchev–Trinajstić information content (AvgIpc) is 2.18. The second-order valence-electron chi connectivity index (χ2n) is 2.82. The number of rotatable bonds is 3. The Kier molecular flexibility index (Phi) is 4.69. The first-order valence-corrected chi connectivity index (χ1v) is 5.50. The summed E-state index contributed by atoms with van der Waals surface area (Å²) >= 11 is 7.49. The van der Waals surface area contributed by atoms with Gasteiger partial charge in [-0.05, 0) is 34.7 Å². The lowest BCUT2D eigenvalue weighted by atomic mass is 10.2. The van der Waals surface area contributed by atoms with Crippen LogP contribution in [0, 0.1) is 3.57 Å². The van der Waals surface area contributed by atoms with Crippen molar-refractivity contribution in [2.45, 2.75) is 6.18 Å². The lowest BCUT2D eigenvalue weighted by Gasteiger charge is -2.12. The molecule has 0 saturated heterocycles. The van der Waals surface area contributed by atoms with Gasteiger partial charge in [-0.25, -0.2) is 0 Å². The summed E-state index contributed by atoms with van der Waals surface area (Å²) in [5.41, 5.74) is -0.844. The fourth-order valence-corrected chi connectivity index (χ4v) is 1.63. The van der Waals surface area contributed by atoms with Crippen LogP contribution in [0.2, 0.25) is 5.02 Å². The standard InChI is InChI=1S/C9H7ClF3IO2/c1-15-4-16-7-3-5(9(11,12)13)2-6(10)8(7)14/h2-3H,4H2,1H3. The lowest BCUT2D eigenvalue weighted by molar-refractivity contribution is -0.137. The molecular weight excluding hydrogens is 359 g/mol. The van der Waals surface area contributed by atoms with Gasteiger partial charge in [0.25, 0.3) is 0 Å². The van der Waals surface area contributed by atoms with Crippen molar-refractivity contribution in [1.82, 2.24) is 0 Å². The Labute approximate surface area is 109 Å². The topological polar surface area (TPSA) is 18.5 Å². The molecule has 0 aliphatic carbocycles. The van der Waals surface area contributed by atoms with E-state index < -0.39 is 11.7 Å². The highest BCUT2D eigenvalue weighted by Gasteiger charge is 2.32. The van der Waals surface area contributed by atoms with Gasteiger partial charge in [-0.15, -0.1) is 0 Å². The van der Waals surface area contributed by atoms with Crippen molar-refractivity contribution in [2.24, 2.45) is 0 Å². The molecule has 90 valence electrons. The molecule has 0 saturated carbocycles. The molecule has 0 aliphatic heterocycles. The molecule has 0 radical (unpaired) electrons. The molecule has 0 N–H and O–H groups in total. The number of hydrogen-bond donors (Lipinski definition) is 0. The van der Waals surface area contributed by atoms with E-state index >= 15 is 0 Å². The summed E-state index contributed by atoms with van der Waals surface area (Å²) < 4.78 is 47.4. The van der Waals surface area contributed by atoms with Gasteiger partial charge in [0.1, 0.15) is 5.75 Å². The summed E-state index contributed by atoms with van der Waals surface area (Å²) in [4.78, 5) is 0. The minimum Gasteiger partial charge on any atom is -0.466 e. The van der Waals surface area contributed by atoms with Crippen molar-refractivity contribution in [3.63, 3.8) is 0 Å². The van der Waals surface area contributed by atoms with Gasteiger partial charge in [-0.2, -0.15) is 13.2 Å². The lowest BCUT2D eigenvalue weighted by Crippen LogP contribution is -2.07. The SMILES string of the molecule is COCOc1cc(C(F)(F)F)cc(Cl)c1I. The molecule has 2 nitrogen and oxygen atoms in total. The summed E-state index contributed by atoms with van der Waals surface area (Å²) in [7, 11) is 1.38. The smallest absolute Gasteiger partial charge is 0.416 e. The maximum absolute atomic E-state index is 12.5. The quantitative estimate of drug-likeness (QED) is 0.596. The van der Waals surface area contributed by atoms with Crippen LogP contribution in [-0.4, -0.2) is 13.9 Å². The molecule has 1 aromatic carbocycles. The van der Waals surface area contributed by atoms with Crippen LogP contribution >= 0.6 is 34.2 Å². The first-order valence-electron chi connectivity index (χ1n) is 4.04. The minimum absolute atomic E-state index is 0.00141. The van der Waals surface area contributed by atoms with Crippen molar-refractivity contribution >= 4 is 34.2 Å². The van der Waals surface area contributed by atoms with Crippen LogP contribution in [0.1, 0.15) is 5.56 Å². The Morgan fingerprint density at radius 1 is 1.38 bits per heavy atom. The molecule has 1 aromatic rings. The number of methoxy groups -OCH3 is 1. The Bertz CT molecular complexity index is 382. The average molecular weight is 367 g/mol. The first-order chi connectivity index (χ1) is 7.36. The number of alkyl halides is 3. The zero-order chi connectivity index (χ0) is 12.3. The number of benzene rings is 1. The van der Waals surface area contributed by atoms with Crippen molar-refractivity contribution in [1.29, 1.82) is 0 Å². The van der Waals surface area contributed by atoms with Gasteiger partial charge in [0.15, 0.2) is 6.79 Å². The molecule has 0 bridgehead atoms. The van der Waals surface area contributed by atoms with Crippen molar-refractivity contribution in [3.8, 4) is 5.75 Å². The zero-order valence-electron chi connectivity index (χ0n) is 8.07. The third-order valence-electron chi connectivity index (χ3n) is 1.65. The molecule has 0 atom stereocenters. The van der Waals surface area contributed by atoms with E-state index in [0.29, 0.717) is 3.57 Å². The van der Waals surface area contributed by atoms with E-state index in [4.69, 9.17) is 16.3 Å². The molecule has 7 heteroatoms. The Morgan fingerprint density at radius 3 is 2.50 bits per heavy atom.